The van der Waals surface area contributed by atoms with Crippen molar-refractivity contribution >= 4 is 11.5 Å². The van der Waals surface area contributed by atoms with E-state index < -0.39 is 0 Å². The highest BCUT2D eigenvalue weighted by atomic mass is 16.5. The van der Waals surface area contributed by atoms with E-state index in [-0.39, 0.29) is 0 Å². The average molecular weight is 331 g/mol. The molecule has 124 valence electrons. The topological polar surface area (TPSA) is 64.3 Å². The highest BCUT2D eigenvalue weighted by molar-refractivity contribution is 5.63. The minimum Gasteiger partial charge on any atom is -0.497 e. The van der Waals surface area contributed by atoms with Gasteiger partial charge in [-0.2, -0.15) is 0 Å². The van der Waals surface area contributed by atoms with Crippen molar-refractivity contribution < 1.29 is 4.74 Å². The normalized spacial score (nSPS) is 10.8. The molecule has 0 saturated heterocycles. The van der Waals surface area contributed by atoms with E-state index in [9.17, 15) is 0 Å². The molecular formula is C19H17N5O. The molecule has 6 nitrogen and oxygen atoms in total. The number of anilines is 1. The summed E-state index contributed by atoms with van der Waals surface area (Å²) in [6.45, 7) is 0.662. The van der Waals surface area contributed by atoms with Gasteiger partial charge in [0.2, 0.25) is 0 Å². The van der Waals surface area contributed by atoms with Gasteiger partial charge in [-0.15, -0.1) is 5.10 Å². The minimum absolute atomic E-state index is 0.662. The molecule has 0 fully saturated rings. The minimum atomic E-state index is 0.662. The van der Waals surface area contributed by atoms with E-state index in [1.54, 1.807) is 19.5 Å². The van der Waals surface area contributed by atoms with Gasteiger partial charge in [-0.1, -0.05) is 12.1 Å². The molecule has 0 aliphatic rings. The smallest absolute Gasteiger partial charge is 0.154 e. The summed E-state index contributed by atoms with van der Waals surface area (Å²) in [5.41, 5.74) is 3.89. The Bertz CT molecular complexity index is 997. The second kappa shape index (κ2) is 6.60. The molecule has 0 bridgehead atoms. The van der Waals surface area contributed by atoms with Crippen LogP contribution in [0.3, 0.4) is 0 Å². The van der Waals surface area contributed by atoms with Gasteiger partial charge >= 0.3 is 0 Å². The van der Waals surface area contributed by atoms with Crippen LogP contribution in [-0.2, 0) is 6.54 Å². The molecule has 0 spiro atoms. The zero-order chi connectivity index (χ0) is 17.1. The lowest BCUT2D eigenvalue weighted by Crippen LogP contribution is -2.04. The Balaban J connectivity index is 1.60. The predicted octanol–water partition coefficient (Wildman–Crippen LogP) is 3.41. The van der Waals surface area contributed by atoms with Crippen molar-refractivity contribution in [3.05, 3.63) is 72.7 Å². The highest BCUT2D eigenvalue weighted by Crippen LogP contribution is 2.20. The van der Waals surface area contributed by atoms with Gasteiger partial charge < -0.3 is 10.1 Å². The van der Waals surface area contributed by atoms with Gasteiger partial charge in [0.1, 0.15) is 11.6 Å². The van der Waals surface area contributed by atoms with Gasteiger partial charge in [-0.05, 0) is 42.0 Å². The van der Waals surface area contributed by atoms with Gasteiger partial charge in [0.15, 0.2) is 5.65 Å². The Kier molecular flexibility index (Phi) is 4.00. The van der Waals surface area contributed by atoms with Gasteiger partial charge in [-0.25, -0.2) is 9.50 Å². The maximum atomic E-state index is 5.26. The number of pyridine rings is 1. The molecule has 0 aliphatic carbocycles. The molecule has 25 heavy (non-hydrogen) atoms. The van der Waals surface area contributed by atoms with Crippen LogP contribution in [0.2, 0.25) is 0 Å². The van der Waals surface area contributed by atoms with Crippen molar-refractivity contribution in [2.45, 2.75) is 6.54 Å². The zero-order valence-corrected chi connectivity index (χ0v) is 13.8. The Morgan fingerprint density at radius 2 is 1.96 bits per heavy atom. The largest absolute Gasteiger partial charge is 0.497 e. The van der Waals surface area contributed by atoms with E-state index >= 15 is 0 Å². The van der Waals surface area contributed by atoms with Crippen LogP contribution in [0, 0.1) is 0 Å². The lowest BCUT2D eigenvalue weighted by molar-refractivity contribution is 0.414. The van der Waals surface area contributed by atoms with Crippen LogP contribution in [-0.4, -0.2) is 26.7 Å². The number of hydrogen-bond donors (Lipinski definition) is 1. The molecule has 3 heterocycles. The highest BCUT2D eigenvalue weighted by Gasteiger charge is 2.08. The molecule has 0 amide bonds. The summed E-state index contributed by atoms with van der Waals surface area (Å²) >= 11 is 0. The number of aromatic nitrogens is 4. The summed E-state index contributed by atoms with van der Waals surface area (Å²) in [4.78, 5) is 8.47. The van der Waals surface area contributed by atoms with Crippen molar-refractivity contribution in [2.75, 3.05) is 12.4 Å². The fourth-order valence-electron chi connectivity index (χ4n) is 2.66. The van der Waals surface area contributed by atoms with Gasteiger partial charge in [0, 0.05) is 24.5 Å². The third-order valence-electron chi connectivity index (χ3n) is 3.95. The molecule has 0 atom stereocenters. The molecule has 1 aromatic carbocycles. The van der Waals surface area contributed by atoms with Crippen LogP contribution in [0.4, 0.5) is 5.82 Å². The molecule has 0 saturated carbocycles. The number of fused-ring (bicyclic) bond motifs is 1. The number of methoxy groups -OCH3 is 1. The van der Waals surface area contributed by atoms with E-state index in [1.807, 2.05) is 59.2 Å². The number of imidazole rings is 1. The fraction of sp³-hybridized carbons (Fsp3) is 0.105. The number of rotatable bonds is 5. The Morgan fingerprint density at radius 1 is 1.08 bits per heavy atom. The number of ether oxygens (including phenoxy) is 1. The second-order valence-electron chi connectivity index (χ2n) is 5.57. The maximum Gasteiger partial charge on any atom is 0.154 e. The summed E-state index contributed by atoms with van der Waals surface area (Å²) < 4.78 is 7.09. The Hall–Kier alpha value is -3.41. The van der Waals surface area contributed by atoms with Crippen molar-refractivity contribution in [1.82, 2.24) is 19.6 Å². The molecule has 4 aromatic rings. The molecule has 1 N–H and O–H groups in total. The van der Waals surface area contributed by atoms with E-state index in [2.05, 4.69) is 20.4 Å². The lowest BCUT2D eigenvalue weighted by Gasteiger charge is -2.08. The first-order valence-corrected chi connectivity index (χ1v) is 7.95. The van der Waals surface area contributed by atoms with Crippen molar-refractivity contribution in [2.24, 2.45) is 0 Å². The number of benzene rings is 1. The van der Waals surface area contributed by atoms with Gasteiger partial charge in [-0.3, -0.25) is 4.98 Å². The standard InChI is InChI=1S/C19H17N5O/c1-25-16-4-2-3-14(11-16)12-21-18-5-6-19-22-13-17(24(19)23-18)15-7-9-20-10-8-15/h2-11,13H,12H2,1H3,(H,21,23). The molecule has 0 unspecified atom stereocenters. The van der Waals surface area contributed by atoms with Crippen LogP contribution in [0.1, 0.15) is 5.56 Å². The van der Waals surface area contributed by atoms with E-state index in [4.69, 9.17) is 4.74 Å². The number of nitrogens with zero attached hydrogens (tertiary/aromatic N) is 4. The van der Waals surface area contributed by atoms with Crippen molar-refractivity contribution in [3.8, 4) is 17.0 Å². The van der Waals surface area contributed by atoms with Crippen molar-refractivity contribution in [1.29, 1.82) is 0 Å². The van der Waals surface area contributed by atoms with Crippen LogP contribution < -0.4 is 10.1 Å². The SMILES string of the molecule is COc1cccc(CNc2ccc3ncc(-c4ccncc4)n3n2)c1. The van der Waals surface area contributed by atoms with E-state index in [0.29, 0.717) is 6.54 Å². The van der Waals surface area contributed by atoms with E-state index in [1.165, 1.54) is 0 Å². The maximum absolute atomic E-state index is 5.26. The molecule has 3 aromatic heterocycles. The Morgan fingerprint density at radius 3 is 2.80 bits per heavy atom. The average Bonchev–Trinajstić information content (AvgIpc) is 3.10. The molecule has 4 rings (SSSR count). The van der Waals surface area contributed by atoms with Gasteiger partial charge in [0.05, 0.1) is 19.0 Å². The summed E-state index contributed by atoms with van der Waals surface area (Å²) in [6.07, 6.45) is 5.35. The monoisotopic (exact) mass is 331 g/mol. The molecule has 0 radical (unpaired) electrons. The lowest BCUT2D eigenvalue weighted by atomic mass is 10.2. The summed E-state index contributed by atoms with van der Waals surface area (Å²) in [7, 11) is 1.67. The number of hydrogen-bond acceptors (Lipinski definition) is 5. The zero-order valence-electron chi connectivity index (χ0n) is 13.8. The fourth-order valence-corrected chi connectivity index (χ4v) is 2.66. The van der Waals surface area contributed by atoms with Crippen LogP contribution in [0.5, 0.6) is 5.75 Å². The molecule has 6 heteroatoms. The molecular weight excluding hydrogens is 314 g/mol. The summed E-state index contributed by atoms with van der Waals surface area (Å²) in [6, 6.07) is 15.7. The first kappa shape index (κ1) is 15.1. The summed E-state index contributed by atoms with van der Waals surface area (Å²) in [5, 5.41) is 8.01. The van der Waals surface area contributed by atoms with Crippen LogP contribution in [0.25, 0.3) is 16.9 Å². The first-order valence-electron chi connectivity index (χ1n) is 7.95. The van der Waals surface area contributed by atoms with Crippen molar-refractivity contribution in [3.63, 3.8) is 0 Å². The van der Waals surface area contributed by atoms with Crippen LogP contribution >= 0.6 is 0 Å². The van der Waals surface area contributed by atoms with Gasteiger partial charge in [0.25, 0.3) is 0 Å². The molecule has 0 aliphatic heterocycles. The number of nitrogens with one attached hydrogen (secondary N) is 1. The summed E-state index contributed by atoms with van der Waals surface area (Å²) in [5.74, 6) is 1.63. The van der Waals surface area contributed by atoms with Crippen LogP contribution in [0.15, 0.2) is 67.1 Å². The third-order valence-corrected chi connectivity index (χ3v) is 3.95. The third kappa shape index (κ3) is 3.14. The quantitative estimate of drug-likeness (QED) is 0.607. The first-order chi connectivity index (χ1) is 12.3. The Labute approximate surface area is 145 Å². The second-order valence-corrected chi connectivity index (χ2v) is 5.57. The van der Waals surface area contributed by atoms with E-state index in [0.717, 1.165) is 34.0 Å². The predicted molar refractivity (Wildman–Crippen MR) is 96.5 cm³/mol.